The van der Waals surface area contributed by atoms with Gasteiger partial charge in [0.2, 0.25) is 11.8 Å². The molecule has 0 aliphatic heterocycles. The number of aromatic nitrogens is 1. The van der Waals surface area contributed by atoms with E-state index in [1.165, 1.54) is 11.3 Å². The number of ether oxygens (including phenoxy) is 1. The highest BCUT2D eigenvalue weighted by Crippen LogP contribution is 2.19. The van der Waals surface area contributed by atoms with Crippen LogP contribution < -0.4 is 15.4 Å². The minimum Gasteiger partial charge on any atom is -0.496 e. The number of anilines is 1. The van der Waals surface area contributed by atoms with Gasteiger partial charge in [-0.25, -0.2) is 4.98 Å². The second-order valence-electron chi connectivity index (χ2n) is 6.05. The summed E-state index contributed by atoms with van der Waals surface area (Å²) in [7, 11) is 1.63. The molecule has 0 aliphatic rings. The number of amides is 2. The average molecular weight is 361 g/mol. The van der Waals surface area contributed by atoms with Crippen LogP contribution in [0.2, 0.25) is 0 Å². The molecular weight excluding hydrogens is 338 g/mol. The Bertz CT molecular complexity index is 756. The summed E-state index contributed by atoms with van der Waals surface area (Å²) < 4.78 is 5.28. The molecule has 7 heteroatoms. The first kappa shape index (κ1) is 18.9. The summed E-state index contributed by atoms with van der Waals surface area (Å²) in [6.07, 6.45) is 0.178. The Morgan fingerprint density at radius 3 is 2.76 bits per heavy atom. The fourth-order valence-electron chi connectivity index (χ4n) is 2.10. The van der Waals surface area contributed by atoms with E-state index in [1.54, 1.807) is 12.5 Å². The third-order valence-electron chi connectivity index (χ3n) is 3.61. The fourth-order valence-corrected chi connectivity index (χ4v) is 2.81. The van der Waals surface area contributed by atoms with Crippen LogP contribution in [0.3, 0.4) is 0 Å². The van der Waals surface area contributed by atoms with Gasteiger partial charge in [0.15, 0.2) is 5.13 Å². The van der Waals surface area contributed by atoms with Crippen LogP contribution in [0.5, 0.6) is 5.75 Å². The molecule has 0 saturated carbocycles. The van der Waals surface area contributed by atoms with E-state index >= 15 is 0 Å². The van der Waals surface area contributed by atoms with E-state index < -0.39 is 0 Å². The molecule has 0 fully saturated rings. The van der Waals surface area contributed by atoms with Crippen LogP contribution in [0, 0.1) is 12.8 Å². The highest BCUT2D eigenvalue weighted by molar-refractivity contribution is 7.13. The first-order chi connectivity index (χ1) is 11.9. The fraction of sp³-hybridized carbons (Fsp3) is 0.389. The predicted octanol–water partition coefficient (Wildman–Crippen LogP) is 2.91. The number of hydrogen-bond donors (Lipinski definition) is 2. The van der Waals surface area contributed by atoms with Crippen LogP contribution in [-0.2, 0) is 22.6 Å². The Balaban J connectivity index is 1.86. The van der Waals surface area contributed by atoms with Crippen molar-refractivity contribution in [2.24, 2.45) is 5.92 Å². The molecule has 2 N–H and O–H groups in total. The van der Waals surface area contributed by atoms with Crippen molar-refractivity contribution in [3.63, 3.8) is 0 Å². The molecule has 134 valence electrons. The molecule has 0 aliphatic carbocycles. The van der Waals surface area contributed by atoms with Crippen molar-refractivity contribution >= 4 is 28.3 Å². The number of hydrogen-bond acceptors (Lipinski definition) is 5. The normalized spacial score (nSPS) is 10.6. The van der Waals surface area contributed by atoms with Gasteiger partial charge in [0, 0.05) is 17.8 Å². The molecule has 0 atom stereocenters. The third-order valence-corrected chi connectivity index (χ3v) is 4.42. The molecule has 25 heavy (non-hydrogen) atoms. The van der Waals surface area contributed by atoms with Crippen molar-refractivity contribution in [2.45, 2.75) is 33.7 Å². The monoisotopic (exact) mass is 361 g/mol. The van der Waals surface area contributed by atoms with E-state index in [0.29, 0.717) is 17.4 Å². The topological polar surface area (TPSA) is 80.3 Å². The largest absolute Gasteiger partial charge is 0.496 e. The molecule has 1 aromatic carbocycles. The van der Waals surface area contributed by atoms with Crippen molar-refractivity contribution in [1.29, 1.82) is 0 Å². The third kappa shape index (κ3) is 5.56. The molecular formula is C18H23N3O3S. The summed E-state index contributed by atoms with van der Waals surface area (Å²) in [5, 5.41) is 7.90. The number of thiazole rings is 1. The number of rotatable bonds is 7. The van der Waals surface area contributed by atoms with Gasteiger partial charge in [-0.1, -0.05) is 26.0 Å². The smallest absolute Gasteiger partial charge is 0.228 e. The quantitative estimate of drug-likeness (QED) is 0.795. The van der Waals surface area contributed by atoms with E-state index in [-0.39, 0.29) is 24.2 Å². The Morgan fingerprint density at radius 2 is 2.08 bits per heavy atom. The Kier molecular flexibility index (Phi) is 6.52. The van der Waals surface area contributed by atoms with Gasteiger partial charge in [-0.3, -0.25) is 9.59 Å². The number of benzene rings is 1. The van der Waals surface area contributed by atoms with Gasteiger partial charge >= 0.3 is 0 Å². The van der Waals surface area contributed by atoms with Crippen molar-refractivity contribution < 1.29 is 14.3 Å². The standard InChI is InChI=1S/C18H23N3O3S/c1-11(2)17(23)21-18-20-14(10-25-18)8-16(22)19-9-13-6-5-12(3)15(7-13)24-4/h5-7,10-11H,8-9H2,1-4H3,(H,19,22)(H,20,21,23). The lowest BCUT2D eigenvalue weighted by atomic mass is 10.1. The van der Waals surface area contributed by atoms with Crippen LogP contribution in [0.15, 0.2) is 23.6 Å². The Morgan fingerprint density at radius 1 is 1.32 bits per heavy atom. The zero-order valence-corrected chi connectivity index (χ0v) is 15.7. The van der Waals surface area contributed by atoms with E-state index in [4.69, 9.17) is 4.74 Å². The lowest BCUT2D eigenvalue weighted by Crippen LogP contribution is -2.24. The summed E-state index contributed by atoms with van der Waals surface area (Å²) in [5.74, 6) is 0.490. The van der Waals surface area contributed by atoms with Gasteiger partial charge in [0.05, 0.1) is 19.2 Å². The second-order valence-corrected chi connectivity index (χ2v) is 6.90. The predicted molar refractivity (Wildman–Crippen MR) is 98.9 cm³/mol. The van der Waals surface area contributed by atoms with E-state index in [9.17, 15) is 9.59 Å². The van der Waals surface area contributed by atoms with E-state index in [1.807, 2.05) is 39.0 Å². The van der Waals surface area contributed by atoms with Crippen LogP contribution in [-0.4, -0.2) is 23.9 Å². The highest BCUT2D eigenvalue weighted by atomic mass is 32.1. The van der Waals surface area contributed by atoms with Crippen molar-refractivity contribution in [1.82, 2.24) is 10.3 Å². The minimum absolute atomic E-state index is 0.0846. The molecule has 0 unspecified atom stereocenters. The highest BCUT2D eigenvalue weighted by Gasteiger charge is 2.12. The molecule has 2 rings (SSSR count). The van der Waals surface area contributed by atoms with Crippen molar-refractivity contribution in [3.8, 4) is 5.75 Å². The van der Waals surface area contributed by atoms with Crippen molar-refractivity contribution in [2.75, 3.05) is 12.4 Å². The molecule has 2 aromatic rings. The van der Waals surface area contributed by atoms with Gasteiger partial charge < -0.3 is 15.4 Å². The van der Waals surface area contributed by atoms with Gasteiger partial charge in [0.1, 0.15) is 5.75 Å². The average Bonchev–Trinajstić information content (AvgIpc) is 3.00. The zero-order valence-electron chi connectivity index (χ0n) is 14.9. The summed E-state index contributed by atoms with van der Waals surface area (Å²) in [6, 6.07) is 5.84. The van der Waals surface area contributed by atoms with E-state index in [0.717, 1.165) is 16.9 Å². The van der Waals surface area contributed by atoms with Gasteiger partial charge in [-0.05, 0) is 24.1 Å². The maximum atomic E-state index is 12.1. The number of aryl methyl sites for hydroxylation is 1. The molecule has 1 heterocycles. The lowest BCUT2D eigenvalue weighted by Gasteiger charge is -2.08. The maximum absolute atomic E-state index is 12.1. The Hall–Kier alpha value is -2.41. The van der Waals surface area contributed by atoms with Gasteiger partial charge in [-0.15, -0.1) is 11.3 Å². The SMILES string of the molecule is COc1cc(CNC(=O)Cc2csc(NC(=O)C(C)C)n2)ccc1C. The molecule has 6 nitrogen and oxygen atoms in total. The van der Waals surface area contributed by atoms with Crippen LogP contribution in [0.4, 0.5) is 5.13 Å². The molecule has 0 saturated heterocycles. The van der Waals surface area contributed by atoms with Crippen LogP contribution in [0.25, 0.3) is 0 Å². The van der Waals surface area contributed by atoms with Crippen LogP contribution in [0.1, 0.15) is 30.7 Å². The molecule has 0 spiro atoms. The van der Waals surface area contributed by atoms with E-state index in [2.05, 4.69) is 15.6 Å². The number of carbonyl (C=O) groups excluding carboxylic acids is 2. The number of nitrogens with zero attached hydrogens (tertiary/aromatic N) is 1. The summed E-state index contributed by atoms with van der Waals surface area (Å²) in [4.78, 5) is 28.0. The first-order valence-electron chi connectivity index (χ1n) is 8.04. The van der Waals surface area contributed by atoms with Gasteiger partial charge in [0.25, 0.3) is 0 Å². The number of methoxy groups -OCH3 is 1. The summed E-state index contributed by atoms with van der Waals surface area (Å²) in [5.41, 5.74) is 2.66. The zero-order chi connectivity index (χ0) is 18.4. The Labute approximate surface area is 151 Å². The number of carbonyl (C=O) groups is 2. The summed E-state index contributed by atoms with van der Waals surface area (Å²) >= 11 is 1.32. The molecule has 0 bridgehead atoms. The molecule has 0 radical (unpaired) electrons. The molecule has 2 amide bonds. The van der Waals surface area contributed by atoms with Crippen molar-refractivity contribution in [3.05, 3.63) is 40.4 Å². The first-order valence-corrected chi connectivity index (χ1v) is 8.92. The summed E-state index contributed by atoms with van der Waals surface area (Å²) in [6.45, 7) is 6.03. The molecule has 1 aromatic heterocycles. The number of nitrogens with one attached hydrogen (secondary N) is 2. The second kappa shape index (κ2) is 8.62. The maximum Gasteiger partial charge on any atom is 0.228 e. The van der Waals surface area contributed by atoms with Gasteiger partial charge in [-0.2, -0.15) is 0 Å². The minimum atomic E-state index is -0.119. The van der Waals surface area contributed by atoms with Crippen LogP contribution >= 0.6 is 11.3 Å². The lowest BCUT2D eigenvalue weighted by molar-refractivity contribution is -0.120.